The molecule has 1 heterocycles. The highest BCUT2D eigenvalue weighted by Crippen LogP contribution is 2.34. The van der Waals surface area contributed by atoms with Crippen molar-refractivity contribution in [2.24, 2.45) is 11.8 Å². The van der Waals surface area contributed by atoms with E-state index in [0.717, 1.165) is 4.90 Å². The van der Waals surface area contributed by atoms with Crippen molar-refractivity contribution in [3.8, 4) is 5.75 Å². The zero-order valence-corrected chi connectivity index (χ0v) is 15.2. The van der Waals surface area contributed by atoms with E-state index in [1.54, 1.807) is 0 Å². The minimum atomic E-state index is -3.07. The summed E-state index contributed by atoms with van der Waals surface area (Å²) < 4.78 is 33.9. The summed E-state index contributed by atoms with van der Waals surface area (Å²) in [7, 11) is 0. The van der Waals surface area contributed by atoms with Crippen LogP contribution in [-0.2, 0) is 23.9 Å². The van der Waals surface area contributed by atoms with E-state index in [0.29, 0.717) is 12.8 Å². The maximum atomic E-state index is 12.4. The number of hydrogen-bond acceptors (Lipinski definition) is 6. The van der Waals surface area contributed by atoms with Crippen LogP contribution >= 0.6 is 0 Å². The van der Waals surface area contributed by atoms with Gasteiger partial charge in [-0.1, -0.05) is 24.3 Å². The standard InChI is InChI=1S/C19H18F2N2O6/c20-19(21)29-14-8-4-3-7-13(14)22-15(24)10-28-16(25)9-23-17(26)11-5-1-2-6-12(11)18(23)27/h1-4,7-8,11-12,19H,5-6,9-10H2,(H,22,24)/t11-,12+. The summed E-state index contributed by atoms with van der Waals surface area (Å²) in [6.45, 7) is -4.37. The number of allylic oxidation sites excluding steroid dienone is 2. The minimum Gasteiger partial charge on any atom is -0.454 e. The maximum absolute atomic E-state index is 12.4. The molecule has 8 nitrogen and oxygen atoms in total. The van der Waals surface area contributed by atoms with Crippen molar-refractivity contribution in [2.45, 2.75) is 19.5 Å². The average molecular weight is 408 g/mol. The van der Waals surface area contributed by atoms with Gasteiger partial charge in [-0.05, 0) is 25.0 Å². The monoisotopic (exact) mass is 408 g/mol. The van der Waals surface area contributed by atoms with Crippen LogP contribution < -0.4 is 10.1 Å². The van der Waals surface area contributed by atoms with E-state index in [1.165, 1.54) is 24.3 Å². The lowest BCUT2D eigenvalue weighted by molar-refractivity contribution is -0.154. The molecule has 0 saturated carbocycles. The highest BCUT2D eigenvalue weighted by molar-refractivity contribution is 6.07. The van der Waals surface area contributed by atoms with Crippen LogP contribution in [-0.4, -0.2) is 48.4 Å². The zero-order valence-electron chi connectivity index (χ0n) is 15.2. The fraction of sp³-hybridized carbons (Fsp3) is 0.368. The van der Waals surface area contributed by atoms with Crippen molar-refractivity contribution in [3.05, 3.63) is 36.4 Å². The number of rotatable bonds is 7. The SMILES string of the molecule is O=C(COC(=O)CN1C(=O)[C@H]2CC=CC[C@H]2C1=O)Nc1ccccc1OC(F)F. The molecule has 1 aliphatic carbocycles. The first kappa shape index (κ1) is 20.4. The molecule has 154 valence electrons. The van der Waals surface area contributed by atoms with Gasteiger partial charge >= 0.3 is 12.6 Å². The van der Waals surface area contributed by atoms with Crippen LogP contribution in [0.5, 0.6) is 5.75 Å². The van der Waals surface area contributed by atoms with E-state index < -0.39 is 55.3 Å². The van der Waals surface area contributed by atoms with Crippen LogP contribution in [0, 0.1) is 11.8 Å². The number of amides is 3. The topological polar surface area (TPSA) is 102 Å². The normalized spacial score (nSPS) is 20.6. The molecule has 0 bridgehead atoms. The van der Waals surface area contributed by atoms with Crippen LogP contribution in [0.15, 0.2) is 36.4 Å². The second-order valence-electron chi connectivity index (χ2n) is 6.50. The minimum absolute atomic E-state index is 0.0182. The molecule has 1 aromatic rings. The molecule has 0 aromatic heterocycles. The van der Waals surface area contributed by atoms with E-state index in [4.69, 9.17) is 4.74 Å². The van der Waals surface area contributed by atoms with Crippen LogP contribution in [0.25, 0.3) is 0 Å². The lowest BCUT2D eigenvalue weighted by Crippen LogP contribution is -2.37. The number of halogens is 2. The number of anilines is 1. The number of nitrogens with zero attached hydrogens (tertiary/aromatic N) is 1. The number of nitrogens with one attached hydrogen (secondary N) is 1. The van der Waals surface area contributed by atoms with Gasteiger partial charge in [0.1, 0.15) is 12.3 Å². The van der Waals surface area contributed by atoms with Crippen molar-refractivity contribution in [1.82, 2.24) is 4.90 Å². The average Bonchev–Trinajstić information content (AvgIpc) is 2.93. The Labute approximate surface area is 164 Å². The van der Waals surface area contributed by atoms with Gasteiger partial charge < -0.3 is 14.8 Å². The van der Waals surface area contributed by atoms with Gasteiger partial charge in [-0.25, -0.2) is 0 Å². The van der Waals surface area contributed by atoms with Crippen LogP contribution in [0.2, 0.25) is 0 Å². The van der Waals surface area contributed by atoms with Crippen LogP contribution in [0.3, 0.4) is 0 Å². The number of likely N-dealkylation sites (tertiary alicyclic amines) is 1. The summed E-state index contributed by atoms with van der Waals surface area (Å²) in [6, 6.07) is 5.53. The van der Waals surface area contributed by atoms with Crippen LogP contribution in [0.1, 0.15) is 12.8 Å². The molecule has 0 unspecified atom stereocenters. The van der Waals surface area contributed by atoms with Crippen molar-refractivity contribution in [3.63, 3.8) is 0 Å². The fourth-order valence-electron chi connectivity index (χ4n) is 3.30. The van der Waals surface area contributed by atoms with E-state index in [2.05, 4.69) is 10.1 Å². The molecule has 1 N–H and O–H groups in total. The molecule has 3 amide bonds. The molecule has 2 atom stereocenters. The lowest BCUT2D eigenvalue weighted by Gasteiger charge is -2.14. The molecule has 2 aliphatic rings. The lowest BCUT2D eigenvalue weighted by atomic mass is 9.85. The number of benzene rings is 1. The third-order valence-corrected chi connectivity index (χ3v) is 4.63. The van der Waals surface area contributed by atoms with E-state index in [1.807, 2.05) is 12.2 Å². The second-order valence-corrected chi connectivity index (χ2v) is 6.50. The Hall–Kier alpha value is -3.30. The quantitative estimate of drug-likeness (QED) is 0.419. The Morgan fingerprint density at radius 1 is 1.10 bits per heavy atom. The number of carbonyl (C=O) groups excluding carboxylic acids is 4. The number of fused-ring (bicyclic) bond motifs is 1. The molecule has 3 rings (SSSR count). The predicted octanol–water partition coefficient (Wildman–Crippen LogP) is 1.72. The van der Waals surface area contributed by atoms with Crippen molar-refractivity contribution in [2.75, 3.05) is 18.5 Å². The molecule has 10 heteroatoms. The summed E-state index contributed by atoms with van der Waals surface area (Å²) in [4.78, 5) is 49.4. The van der Waals surface area contributed by atoms with Gasteiger partial charge in [0.05, 0.1) is 17.5 Å². The second kappa shape index (κ2) is 8.80. The smallest absolute Gasteiger partial charge is 0.387 e. The summed E-state index contributed by atoms with van der Waals surface area (Å²) in [6.07, 6.45) is 4.55. The number of ether oxygens (including phenoxy) is 2. The predicted molar refractivity (Wildman–Crippen MR) is 94.7 cm³/mol. The third-order valence-electron chi connectivity index (χ3n) is 4.63. The summed E-state index contributed by atoms with van der Waals surface area (Å²) in [5.74, 6) is -3.74. The first-order valence-corrected chi connectivity index (χ1v) is 8.86. The molecule has 0 spiro atoms. The largest absolute Gasteiger partial charge is 0.454 e. The molecule has 1 aliphatic heterocycles. The number of alkyl halides is 2. The number of para-hydroxylation sites is 2. The number of esters is 1. The Morgan fingerprint density at radius 3 is 2.34 bits per heavy atom. The molecule has 1 aromatic carbocycles. The number of carbonyl (C=O) groups is 4. The highest BCUT2D eigenvalue weighted by atomic mass is 19.3. The first-order valence-electron chi connectivity index (χ1n) is 8.86. The number of imide groups is 1. The van der Waals surface area contributed by atoms with Gasteiger partial charge in [-0.2, -0.15) is 8.78 Å². The third kappa shape index (κ3) is 4.76. The van der Waals surface area contributed by atoms with E-state index >= 15 is 0 Å². The molecule has 1 fully saturated rings. The molecular formula is C19H18F2N2O6. The Morgan fingerprint density at radius 2 is 1.72 bits per heavy atom. The van der Waals surface area contributed by atoms with Crippen molar-refractivity contribution < 1.29 is 37.4 Å². The Bertz CT molecular complexity index is 831. The summed E-state index contributed by atoms with van der Waals surface area (Å²) in [5, 5.41) is 2.29. The van der Waals surface area contributed by atoms with Gasteiger partial charge in [-0.3, -0.25) is 24.1 Å². The highest BCUT2D eigenvalue weighted by Gasteiger charge is 2.47. The van der Waals surface area contributed by atoms with Crippen molar-refractivity contribution >= 4 is 29.4 Å². The van der Waals surface area contributed by atoms with Gasteiger partial charge in [-0.15, -0.1) is 0 Å². The molecule has 0 radical (unpaired) electrons. The zero-order chi connectivity index (χ0) is 21.0. The van der Waals surface area contributed by atoms with Gasteiger partial charge in [0.15, 0.2) is 6.61 Å². The maximum Gasteiger partial charge on any atom is 0.387 e. The molecule has 29 heavy (non-hydrogen) atoms. The van der Waals surface area contributed by atoms with Crippen LogP contribution in [0.4, 0.5) is 14.5 Å². The fourth-order valence-corrected chi connectivity index (χ4v) is 3.30. The first-order chi connectivity index (χ1) is 13.9. The molecule has 1 saturated heterocycles. The van der Waals surface area contributed by atoms with Crippen molar-refractivity contribution in [1.29, 1.82) is 0 Å². The molecular weight excluding hydrogens is 390 g/mol. The number of hydrogen-bond donors (Lipinski definition) is 1. The van der Waals surface area contributed by atoms with E-state index in [9.17, 15) is 28.0 Å². The van der Waals surface area contributed by atoms with Gasteiger partial charge in [0, 0.05) is 0 Å². The Kier molecular flexibility index (Phi) is 6.20. The summed E-state index contributed by atoms with van der Waals surface area (Å²) in [5.41, 5.74) is -0.0182. The van der Waals surface area contributed by atoms with Gasteiger partial charge in [0.25, 0.3) is 5.91 Å². The Balaban J connectivity index is 1.51. The van der Waals surface area contributed by atoms with Gasteiger partial charge in [0.2, 0.25) is 11.8 Å². The van der Waals surface area contributed by atoms with E-state index in [-0.39, 0.29) is 11.4 Å². The summed E-state index contributed by atoms with van der Waals surface area (Å²) >= 11 is 0.